The number of nitrogens with one attached hydrogen (secondary N) is 1. The minimum atomic E-state index is -2.10. The fourth-order valence-corrected chi connectivity index (χ4v) is 3.61. The Hall–Kier alpha value is 0.157. The molecule has 8 nitrogen and oxygen atoms in total. The predicted molar refractivity (Wildman–Crippen MR) is 119 cm³/mol. The third-order valence-electron chi connectivity index (χ3n) is 5.25. The van der Waals surface area contributed by atoms with Crippen LogP contribution in [0.4, 0.5) is 4.79 Å². The summed E-state index contributed by atoms with van der Waals surface area (Å²) in [7, 11) is -2.10. The van der Waals surface area contributed by atoms with E-state index in [-0.39, 0.29) is 11.6 Å². The molecule has 12 heteroatoms. The molecule has 1 fully saturated rings. The second-order valence-corrected chi connectivity index (χ2v) is 16.2. The van der Waals surface area contributed by atoms with Crippen molar-refractivity contribution in [1.82, 2.24) is 5.32 Å². The summed E-state index contributed by atoms with van der Waals surface area (Å²) in [5, 5.41) is 23.6. The largest absolute Gasteiger partial charge is 0.445 e. The van der Waals surface area contributed by atoms with Gasteiger partial charge in [0, 0.05) is 6.61 Å². The minimum Gasteiger partial charge on any atom is -0.445 e. The molecule has 0 aromatic rings. The third-order valence-corrected chi connectivity index (χ3v) is 10.1. The molecule has 1 aliphatic rings. The molecule has 0 aromatic heterocycles. The summed E-state index contributed by atoms with van der Waals surface area (Å²) in [6.07, 6.45) is -4.79. The second kappa shape index (κ2) is 11.3. The van der Waals surface area contributed by atoms with Crippen LogP contribution in [-0.4, -0.2) is 78.9 Å². The van der Waals surface area contributed by atoms with E-state index in [0.29, 0.717) is 13.0 Å². The van der Waals surface area contributed by atoms with Crippen LogP contribution in [-0.2, 0) is 18.6 Å². The lowest BCUT2D eigenvalue weighted by Gasteiger charge is -2.44. The Morgan fingerprint density at radius 2 is 1.77 bits per heavy atom. The molecule has 2 unspecified atom stereocenters. The van der Waals surface area contributed by atoms with Crippen molar-refractivity contribution in [2.45, 2.75) is 86.7 Å². The highest BCUT2D eigenvalue weighted by Crippen LogP contribution is 2.37. The first-order chi connectivity index (χ1) is 13.6. The van der Waals surface area contributed by atoms with Crippen molar-refractivity contribution < 1.29 is 33.6 Å². The number of aliphatic hydroxyl groups is 2. The molecule has 0 aliphatic carbocycles. The summed E-state index contributed by atoms with van der Waals surface area (Å²) >= 11 is 16.7. The topological polar surface area (TPSA) is 106 Å². The van der Waals surface area contributed by atoms with Crippen molar-refractivity contribution in [3.05, 3.63) is 0 Å². The average Bonchev–Trinajstić information content (AvgIpc) is 2.60. The van der Waals surface area contributed by atoms with E-state index in [2.05, 4.69) is 39.2 Å². The molecule has 5 atom stereocenters. The van der Waals surface area contributed by atoms with Gasteiger partial charge in [-0.3, -0.25) is 0 Å². The predicted octanol–water partition coefficient (Wildman–Crippen LogP) is 3.35. The van der Waals surface area contributed by atoms with Crippen LogP contribution >= 0.6 is 34.8 Å². The summed E-state index contributed by atoms with van der Waals surface area (Å²) in [5.41, 5.74) is 0. The second-order valence-electron chi connectivity index (χ2n) is 8.83. The maximum absolute atomic E-state index is 12.0. The number of alkyl halides is 3. The Kier molecular flexibility index (Phi) is 10.7. The highest BCUT2D eigenvalue weighted by molar-refractivity contribution is 6.74. The van der Waals surface area contributed by atoms with Crippen LogP contribution in [0.3, 0.4) is 0 Å². The van der Waals surface area contributed by atoms with Crippen molar-refractivity contribution in [2.75, 3.05) is 19.8 Å². The van der Waals surface area contributed by atoms with Gasteiger partial charge in [0.25, 0.3) is 0 Å². The van der Waals surface area contributed by atoms with Gasteiger partial charge in [0.2, 0.25) is 3.79 Å². The molecular formula is C18H34Cl3NO7Si. The molecule has 0 saturated carbocycles. The van der Waals surface area contributed by atoms with Crippen molar-refractivity contribution in [3.63, 3.8) is 0 Å². The van der Waals surface area contributed by atoms with Crippen molar-refractivity contribution in [2.24, 2.45) is 0 Å². The van der Waals surface area contributed by atoms with Crippen molar-refractivity contribution >= 4 is 49.2 Å². The average molecular weight is 511 g/mol. The lowest BCUT2D eigenvalue weighted by Crippen LogP contribution is -2.65. The SMILES string of the molecule is CCCO[C@@H]1OC(CO[Si](C)(C)C(C)(C)C)[C@H](O)[C@H](O)C1NC(=O)OCC(Cl)(Cl)Cl. The number of rotatable bonds is 8. The van der Waals surface area contributed by atoms with Gasteiger partial charge in [-0.15, -0.1) is 0 Å². The lowest BCUT2D eigenvalue weighted by molar-refractivity contribution is -0.268. The number of aliphatic hydroxyl groups excluding tert-OH is 2. The van der Waals surface area contributed by atoms with Gasteiger partial charge >= 0.3 is 6.09 Å². The van der Waals surface area contributed by atoms with E-state index in [4.69, 9.17) is 53.4 Å². The number of alkyl carbamates (subject to hydrolysis) is 1. The Bertz CT molecular complexity index is 557. The first-order valence-electron chi connectivity index (χ1n) is 9.86. The van der Waals surface area contributed by atoms with Gasteiger partial charge in [-0.2, -0.15) is 0 Å². The van der Waals surface area contributed by atoms with E-state index < -0.39 is 55.5 Å². The van der Waals surface area contributed by atoms with Crippen LogP contribution in [0.25, 0.3) is 0 Å². The van der Waals surface area contributed by atoms with Gasteiger partial charge in [-0.05, 0) is 24.6 Å². The molecule has 3 N–H and O–H groups in total. The molecule has 178 valence electrons. The molecule has 30 heavy (non-hydrogen) atoms. The van der Waals surface area contributed by atoms with Crippen LogP contribution in [0.5, 0.6) is 0 Å². The van der Waals surface area contributed by atoms with E-state index in [1.165, 1.54) is 0 Å². The number of halogens is 3. The molecule has 1 rings (SSSR count). The summed E-state index contributed by atoms with van der Waals surface area (Å²) in [4.78, 5) is 12.0. The highest BCUT2D eigenvalue weighted by Gasteiger charge is 2.47. The van der Waals surface area contributed by atoms with E-state index in [1.807, 2.05) is 6.92 Å². The molecular weight excluding hydrogens is 477 g/mol. The van der Waals surface area contributed by atoms with Crippen LogP contribution in [0, 0.1) is 0 Å². The van der Waals surface area contributed by atoms with E-state index >= 15 is 0 Å². The normalized spacial score (nSPS) is 28.3. The van der Waals surface area contributed by atoms with E-state index in [1.54, 1.807) is 0 Å². The lowest BCUT2D eigenvalue weighted by atomic mass is 9.97. The van der Waals surface area contributed by atoms with Gasteiger partial charge in [0.1, 0.15) is 31.0 Å². The first-order valence-corrected chi connectivity index (χ1v) is 13.9. The number of carbonyl (C=O) groups is 1. The summed E-state index contributed by atoms with van der Waals surface area (Å²) < 4.78 is 20.7. The van der Waals surface area contributed by atoms with Crippen molar-refractivity contribution in [1.29, 1.82) is 0 Å². The zero-order valence-electron chi connectivity index (χ0n) is 18.3. The molecule has 0 radical (unpaired) electrons. The molecule has 0 spiro atoms. The van der Waals surface area contributed by atoms with Gasteiger partial charge in [-0.25, -0.2) is 4.79 Å². The number of carbonyl (C=O) groups excluding carboxylic acids is 1. The quantitative estimate of drug-likeness (QED) is 0.339. The Balaban J connectivity index is 2.85. The van der Waals surface area contributed by atoms with E-state index in [0.717, 1.165) is 0 Å². The Morgan fingerprint density at radius 1 is 1.17 bits per heavy atom. The van der Waals surface area contributed by atoms with E-state index in [9.17, 15) is 15.0 Å². The zero-order chi connectivity index (χ0) is 23.3. The molecule has 1 amide bonds. The standard InChI is InChI=1S/C18H34Cl3NO7Si/c1-7-8-26-15-12(22-16(25)27-10-18(19,20)21)14(24)13(23)11(29-15)9-28-30(5,6)17(2,3)4/h11-15,23-24H,7-10H2,1-6H3,(H,22,25)/t11?,12?,13-,14+,15+/m0/s1. The minimum absolute atomic E-state index is 0.0281. The Labute approximate surface area is 194 Å². The molecule has 1 aliphatic heterocycles. The third kappa shape index (κ3) is 8.59. The summed E-state index contributed by atoms with van der Waals surface area (Å²) in [5.74, 6) is 0. The smallest absolute Gasteiger partial charge is 0.407 e. The zero-order valence-corrected chi connectivity index (χ0v) is 21.6. The maximum atomic E-state index is 12.0. The van der Waals surface area contributed by atoms with Crippen LogP contribution < -0.4 is 5.32 Å². The molecule has 1 heterocycles. The fraction of sp³-hybridized carbons (Fsp3) is 0.944. The molecule has 0 bridgehead atoms. The molecule has 0 aromatic carbocycles. The van der Waals surface area contributed by atoms with Gasteiger partial charge in [0.05, 0.1) is 6.61 Å². The highest BCUT2D eigenvalue weighted by atomic mass is 35.6. The maximum Gasteiger partial charge on any atom is 0.407 e. The van der Waals surface area contributed by atoms with Gasteiger partial charge in [0.15, 0.2) is 14.6 Å². The Morgan fingerprint density at radius 3 is 2.27 bits per heavy atom. The number of hydrogen-bond donors (Lipinski definition) is 3. The fourth-order valence-electron chi connectivity index (χ4n) is 2.43. The van der Waals surface area contributed by atoms with Gasteiger partial charge < -0.3 is 34.2 Å². The van der Waals surface area contributed by atoms with Crippen LogP contribution in [0.2, 0.25) is 18.1 Å². The summed E-state index contributed by atoms with van der Waals surface area (Å²) in [6, 6.07) is -1.08. The first kappa shape index (κ1) is 28.2. The number of ether oxygens (including phenoxy) is 3. The van der Waals surface area contributed by atoms with Crippen molar-refractivity contribution in [3.8, 4) is 0 Å². The number of amides is 1. The number of hydrogen-bond acceptors (Lipinski definition) is 7. The summed E-state index contributed by atoms with van der Waals surface area (Å²) in [6.45, 7) is 12.3. The van der Waals surface area contributed by atoms with Crippen LogP contribution in [0.1, 0.15) is 34.1 Å². The van der Waals surface area contributed by atoms with Gasteiger partial charge in [-0.1, -0.05) is 62.5 Å². The van der Waals surface area contributed by atoms with Crippen LogP contribution in [0.15, 0.2) is 0 Å². The monoisotopic (exact) mass is 509 g/mol. The molecule has 1 saturated heterocycles.